The quantitative estimate of drug-likeness (QED) is 0.726. The number of nitrogens with one attached hydrogen (secondary N) is 1. The SMILES string of the molecule is CC1(C)CC(N(Cc2ccncc2)Cc2ccc(CN3CCOCC3)o2)CC(C)(C)N1. The topological polar surface area (TPSA) is 53.8 Å². The second-order valence-corrected chi connectivity index (χ2v) is 10.5. The van der Waals surface area contributed by atoms with Gasteiger partial charge in [-0.25, -0.2) is 0 Å². The highest BCUT2D eigenvalue weighted by Gasteiger charge is 2.40. The van der Waals surface area contributed by atoms with E-state index in [1.54, 1.807) is 0 Å². The summed E-state index contributed by atoms with van der Waals surface area (Å²) >= 11 is 0. The van der Waals surface area contributed by atoms with Crippen LogP contribution in [0.5, 0.6) is 0 Å². The molecule has 1 N–H and O–H groups in total. The van der Waals surface area contributed by atoms with Crippen molar-refractivity contribution in [3.05, 3.63) is 53.7 Å². The lowest BCUT2D eigenvalue weighted by atomic mass is 9.79. The Morgan fingerprint density at radius 2 is 1.61 bits per heavy atom. The maximum absolute atomic E-state index is 6.30. The van der Waals surface area contributed by atoms with Crippen molar-refractivity contribution < 1.29 is 9.15 Å². The predicted molar refractivity (Wildman–Crippen MR) is 123 cm³/mol. The molecule has 2 aliphatic rings. The van der Waals surface area contributed by atoms with Crippen LogP contribution < -0.4 is 5.32 Å². The van der Waals surface area contributed by atoms with E-state index in [0.717, 1.165) is 70.3 Å². The Kier molecular flexibility index (Phi) is 6.82. The molecule has 0 aromatic carbocycles. The Morgan fingerprint density at radius 3 is 2.29 bits per heavy atom. The molecule has 0 radical (unpaired) electrons. The first-order chi connectivity index (χ1) is 14.8. The number of piperidine rings is 1. The zero-order chi connectivity index (χ0) is 21.9. The van der Waals surface area contributed by atoms with Crippen LogP contribution in [0.2, 0.25) is 0 Å². The molecule has 6 heteroatoms. The number of morpholine rings is 1. The van der Waals surface area contributed by atoms with Crippen LogP contribution in [-0.4, -0.2) is 58.2 Å². The highest BCUT2D eigenvalue weighted by molar-refractivity contribution is 5.13. The molecular formula is C25H38N4O2. The summed E-state index contributed by atoms with van der Waals surface area (Å²) in [6.07, 6.45) is 6.00. The molecule has 2 aromatic rings. The van der Waals surface area contributed by atoms with Crippen molar-refractivity contribution in [2.24, 2.45) is 0 Å². The van der Waals surface area contributed by atoms with E-state index in [-0.39, 0.29) is 11.1 Å². The molecular weight excluding hydrogens is 388 g/mol. The van der Waals surface area contributed by atoms with Crippen LogP contribution in [0.25, 0.3) is 0 Å². The number of ether oxygens (including phenoxy) is 1. The van der Waals surface area contributed by atoms with Crippen molar-refractivity contribution in [1.82, 2.24) is 20.1 Å². The van der Waals surface area contributed by atoms with Crippen LogP contribution in [0.15, 0.2) is 41.1 Å². The maximum atomic E-state index is 6.30. The lowest BCUT2D eigenvalue weighted by molar-refractivity contribution is 0.0303. The van der Waals surface area contributed by atoms with Gasteiger partial charge in [0.1, 0.15) is 11.5 Å². The lowest BCUT2D eigenvalue weighted by Gasteiger charge is -2.49. The Bertz CT molecular complexity index is 811. The highest BCUT2D eigenvalue weighted by Crippen LogP contribution is 2.33. The second-order valence-electron chi connectivity index (χ2n) is 10.5. The van der Waals surface area contributed by atoms with Gasteiger partial charge in [-0.15, -0.1) is 0 Å². The van der Waals surface area contributed by atoms with Gasteiger partial charge in [-0.1, -0.05) is 0 Å². The van der Waals surface area contributed by atoms with Gasteiger partial charge in [-0.05, 0) is 70.4 Å². The minimum atomic E-state index is 0.105. The molecule has 2 saturated heterocycles. The van der Waals surface area contributed by atoms with Gasteiger partial charge in [0.2, 0.25) is 0 Å². The van der Waals surface area contributed by atoms with Crippen molar-refractivity contribution in [2.45, 2.75) is 77.3 Å². The molecule has 0 atom stereocenters. The third-order valence-corrected chi connectivity index (χ3v) is 6.38. The van der Waals surface area contributed by atoms with E-state index in [2.05, 4.69) is 72.1 Å². The summed E-state index contributed by atoms with van der Waals surface area (Å²) in [7, 11) is 0. The summed E-state index contributed by atoms with van der Waals surface area (Å²) in [5.41, 5.74) is 1.51. The fourth-order valence-electron chi connectivity index (χ4n) is 5.34. The van der Waals surface area contributed by atoms with Gasteiger partial charge in [0.15, 0.2) is 0 Å². The fourth-order valence-corrected chi connectivity index (χ4v) is 5.34. The smallest absolute Gasteiger partial charge is 0.118 e. The Hall–Kier alpha value is -1.73. The van der Waals surface area contributed by atoms with Gasteiger partial charge in [0.25, 0.3) is 0 Å². The van der Waals surface area contributed by atoms with Gasteiger partial charge in [0, 0.05) is 49.1 Å². The second kappa shape index (κ2) is 9.41. The monoisotopic (exact) mass is 426 g/mol. The third-order valence-electron chi connectivity index (χ3n) is 6.38. The summed E-state index contributed by atoms with van der Waals surface area (Å²) in [5, 5.41) is 3.82. The zero-order valence-electron chi connectivity index (χ0n) is 19.6. The standard InChI is InChI=1S/C25H38N4O2/c1-24(2)15-21(16-25(3,4)27-24)29(17-20-7-9-26-10-8-20)19-23-6-5-22(31-23)18-28-11-13-30-14-12-28/h5-10,21,27H,11-19H2,1-4H3. The molecule has 0 spiro atoms. The summed E-state index contributed by atoms with van der Waals surface area (Å²) in [5.74, 6) is 2.10. The Morgan fingerprint density at radius 1 is 0.968 bits per heavy atom. The molecule has 4 heterocycles. The van der Waals surface area contributed by atoms with E-state index in [0.29, 0.717) is 6.04 Å². The molecule has 0 aliphatic carbocycles. The number of hydrogen-bond donors (Lipinski definition) is 1. The molecule has 170 valence electrons. The van der Waals surface area contributed by atoms with E-state index in [1.807, 2.05) is 12.4 Å². The predicted octanol–water partition coefficient (Wildman–Crippen LogP) is 3.82. The van der Waals surface area contributed by atoms with E-state index in [1.165, 1.54) is 5.56 Å². The molecule has 0 amide bonds. The van der Waals surface area contributed by atoms with Crippen molar-refractivity contribution in [2.75, 3.05) is 26.3 Å². The number of furan rings is 1. The van der Waals surface area contributed by atoms with Gasteiger partial charge in [-0.2, -0.15) is 0 Å². The van der Waals surface area contributed by atoms with E-state index in [9.17, 15) is 0 Å². The van der Waals surface area contributed by atoms with Crippen molar-refractivity contribution in [1.29, 1.82) is 0 Å². The van der Waals surface area contributed by atoms with E-state index in [4.69, 9.17) is 9.15 Å². The summed E-state index contributed by atoms with van der Waals surface area (Å²) < 4.78 is 11.8. The molecule has 31 heavy (non-hydrogen) atoms. The summed E-state index contributed by atoms with van der Waals surface area (Å²) in [6, 6.07) is 9.03. The minimum Gasteiger partial charge on any atom is -0.463 e. The average molecular weight is 427 g/mol. The van der Waals surface area contributed by atoms with Gasteiger partial charge < -0.3 is 14.5 Å². The van der Waals surface area contributed by atoms with Gasteiger partial charge in [0.05, 0.1) is 26.3 Å². The molecule has 2 aliphatic heterocycles. The maximum Gasteiger partial charge on any atom is 0.118 e. The normalized spacial score (nSPS) is 22.1. The summed E-state index contributed by atoms with van der Waals surface area (Å²) in [6.45, 7) is 15.4. The molecule has 0 bridgehead atoms. The number of nitrogens with zero attached hydrogens (tertiary/aromatic N) is 3. The molecule has 0 unspecified atom stereocenters. The first-order valence-corrected chi connectivity index (χ1v) is 11.6. The minimum absolute atomic E-state index is 0.105. The largest absolute Gasteiger partial charge is 0.463 e. The zero-order valence-corrected chi connectivity index (χ0v) is 19.6. The van der Waals surface area contributed by atoms with Crippen molar-refractivity contribution in [3.8, 4) is 0 Å². The number of hydrogen-bond acceptors (Lipinski definition) is 6. The third kappa shape index (κ3) is 6.39. The number of pyridine rings is 1. The van der Waals surface area contributed by atoms with Crippen LogP contribution in [0, 0.1) is 0 Å². The lowest BCUT2D eigenvalue weighted by Crippen LogP contribution is -2.62. The van der Waals surface area contributed by atoms with Crippen LogP contribution in [-0.2, 0) is 24.4 Å². The molecule has 2 aromatic heterocycles. The Balaban J connectivity index is 1.49. The Labute approximate surface area is 187 Å². The van der Waals surface area contributed by atoms with Gasteiger partial charge >= 0.3 is 0 Å². The molecule has 6 nitrogen and oxygen atoms in total. The molecule has 2 fully saturated rings. The van der Waals surface area contributed by atoms with Crippen molar-refractivity contribution in [3.63, 3.8) is 0 Å². The van der Waals surface area contributed by atoms with E-state index >= 15 is 0 Å². The summed E-state index contributed by atoms with van der Waals surface area (Å²) in [4.78, 5) is 9.19. The van der Waals surface area contributed by atoms with Crippen LogP contribution in [0.3, 0.4) is 0 Å². The fraction of sp³-hybridized carbons (Fsp3) is 0.640. The number of aromatic nitrogens is 1. The van der Waals surface area contributed by atoms with E-state index < -0.39 is 0 Å². The molecule has 0 saturated carbocycles. The first-order valence-electron chi connectivity index (χ1n) is 11.6. The first kappa shape index (κ1) is 22.5. The van der Waals surface area contributed by atoms with Crippen LogP contribution in [0.4, 0.5) is 0 Å². The van der Waals surface area contributed by atoms with Gasteiger partial charge in [-0.3, -0.25) is 14.8 Å². The van der Waals surface area contributed by atoms with Crippen molar-refractivity contribution >= 4 is 0 Å². The number of rotatable bonds is 7. The highest BCUT2D eigenvalue weighted by atomic mass is 16.5. The molecule has 4 rings (SSSR count). The average Bonchev–Trinajstić information content (AvgIpc) is 3.13. The van der Waals surface area contributed by atoms with Crippen LogP contribution in [0.1, 0.15) is 57.6 Å². The van der Waals surface area contributed by atoms with Crippen LogP contribution >= 0.6 is 0 Å².